The van der Waals surface area contributed by atoms with Gasteiger partial charge in [-0.2, -0.15) is 5.10 Å². The Labute approximate surface area is 141 Å². The zero-order valence-electron chi connectivity index (χ0n) is 14.0. The van der Waals surface area contributed by atoms with E-state index >= 15 is 0 Å². The predicted molar refractivity (Wildman–Crippen MR) is 87.3 cm³/mol. The van der Waals surface area contributed by atoms with Crippen molar-refractivity contribution in [3.05, 3.63) is 18.0 Å². The van der Waals surface area contributed by atoms with Gasteiger partial charge in [-0.05, 0) is 19.3 Å². The third-order valence-corrected chi connectivity index (χ3v) is 4.97. The lowest BCUT2D eigenvalue weighted by molar-refractivity contribution is -0.133. The lowest BCUT2D eigenvalue weighted by Crippen LogP contribution is -2.57. The molecule has 0 aliphatic carbocycles. The SMILES string of the molecule is CC(=O)N1CCCCC(O)(CN2CC(n3cc(C(N)=O)cn3)C2)C1. The van der Waals surface area contributed by atoms with E-state index in [4.69, 9.17) is 5.73 Å². The number of hydrogen-bond donors (Lipinski definition) is 2. The van der Waals surface area contributed by atoms with Crippen molar-refractivity contribution in [2.75, 3.05) is 32.7 Å². The molecule has 0 aromatic carbocycles. The van der Waals surface area contributed by atoms with Crippen LogP contribution in [0.25, 0.3) is 0 Å². The van der Waals surface area contributed by atoms with Crippen molar-refractivity contribution in [2.24, 2.45) is 5.73 Å². The highest BCUT2D eigenvalue weighted by atomic mass is 16.3. The van der Waals surface area contributed by atoms with Gasteiger partial charge in [0.05, 0.1) is 29.9 Å². The first-order chi connectivity index (χ1) is 11.4. The first-order valence-electron chi connectivity index (χ1n) is 8.40. The van der Waals surface area contributed by atoms with E-state index in [9.17, 15) is 14.7 Å². The van der Waals surface area contributed by atoms with Crippen LogP contribution in [0.5, 0.6) is 0 Å². The zero-order chi connectivity index (χ0) is 17.3. The van der Waals surface area contributed by atoms with E-state index in [0.29, 0.717) is 25.1 Å². The Morgan fingerprint density at radius 2 is 2.17 bits per heavy atom. The minimum atomic E-state index is -0.852. The molecule has 1 aromatic rings. The van der Waals surface area contributed by atoms with Crippen molar-refractivity contribution in [1.29, 1.82) is 0 Å². The second-order valence-corrected chi connectivity index (χ2v) is 7.04. The first-order valence-corrected chi connectivity index (χ1v) is 8.40. The largest absolute Gasteiger partial charge is 0.387 e. The maximum absolute atomic E-state index is 11.7. The molecular weight excluding hydrogens is 310 g/mol. The summed E-state index contributed by atoms with van der Waals surface area (Å²) in [6.45, 7) is 4.77. The van der Waals surface area contributed by atoms with Crippen LogP contribution in [0, 0.1) is 0 Å². The van der Waals surface area contributed by atoms with E-state index in [1.165, 1.54) is 6.20 Å². The Kier molecular flexibility index (Phi) is 4.60. The van der Waals surface area contributed by atoms with Gasteiger partial charge in [-0.25, -0.2) is 0 Å². The third-order valence-electron chi connectivity index (χ3n) is 4.97. The topological polar surface area (TPSA) is 105 Å². The average molecular weight is 335 g/mol. The van der Waals surface area contributed by atoms with Crippen LogP contribution in [0.15, 0.2) is 12.4 Å². The lowest BCUT2D eigenvalue weighted by atomic mass is 9.94. The van der Waals surface area contributed by atoms with Gasteiger partial charge in [-0.15, -0.1) is 0 Å². The van der Waals surface area contributed by atoms with E-state index in [1.54, 1.807) is 22.7 Å². The molecule has 3 heterocycles. The van der Waals surface area contributed by atoms with Crippen molar-refractivity contribution in [2.45, 2.75) is 37.8 Å². The van der Waals surface area contributed by atoms with E-state index in [1.807, 2.05) is 0 Å². The minimum absolute atomic E-state index is 0.0207. The molecular formula is C16H25N5O3. The second kappa shape index (κ2) is 6.52. The number of nitrogens with two attached hydrogens (primary N) is 1. The molecule has 24 heavy (non-hydrogen) atoms. The van der Waals surface area contributed by atoms with Gasteiger partial charge in [0.15, 0.2) is 0 Å². The van der Waals surface area contributed by atoms with Crippen LogP contribution < -0.4 is 5.73 Å². The molecule has 0 saturated carbocycles. The standard InChI is InChI=1S/C16H25N5O3/c1-12(22)20-5-3-2-4-16(24,11-20)10-19-8-14(9-19)21-7-13(6-18-21)15(17)23/h6-7,14,24H,2-5,8-11H2,1H3,(H2,17,23). The molecule has 8 nitrogen and oxygen atoms in total. The summed E-state index contributed by atoms with van der Waals surface area (Å²) in [5.41, 5.74) is 4.80. The van der Waals surface area contributed by atoms with Crippen molar-refractivity contribution in [3.63, 3.8) is 0 Å². The van der Waals surface area contributed by atoms with Crippen LogP contribution >= 0.6 is 0 Å². The highest BCUT2D eigenvalue weighted by Gasteiger charge is 2.38. The van der Waals surface area contributed by atoms with Crippen LogP contribution in [0.3, 0.4) is 0 Å². The maximum Gasteiger partial charge on any atom is 0.251 e. The number of nitrogens with zero attached hydrogens (tertiary/aromatic N) is 4. The summed E-state index contributed by atoms with van der Waals surface area (Å²) in [4.78, 5) is 26.7. The second-order valence-electron chi connectivity index (χ2n) is 7.04. The molecule has 1 unspecified atom stereocenters. The quantitative estimate of drug-likeness (QED) is 0.779. The summed E-state index contributed by atoms with van der Waals surface area (Å²) in [6.07, 6.45) is 5.73. The van der Waals surface area contributed by atoms with Gasteiger partial charge in [0.2, 0.25) is 5.91 Å². The zero-order valence-corrected chi connectivity index (χ0v) is 14.0. The Bertz CT molecular complexity index is 625. The van der Waals surface area contributed by atoms with Crippen LogP contribution in [0.1, 0.15) is 42.6 Å². The van der Waals surface area contributed by atoms with Crippen molar-refractivity contribution in [1.82, 2.24) is 19.6 Å². The van der Waals surface area contributed by atoms with Crippen molar-refractivity contribution < 1.29 is 14.7 Å². The van der Waals surface area contributed by atoms with Gasteiger partial charge in [-0.1, -0.05) is 0 Å². The van der Waals surface area contributed by atoms with Crippen molar-refractivity contribution >= 4 is 11.8 Å². The molecule has 132 valence electrons. The van der Waals surface area contributed by atoms with Crippen LogP contribution in [-0.2, 0) is 4.79 Å². The summed E-state index contributed by atoms with van der Waals surface area (Å²) >= 11 is 0. The number of carbonyl (C=O) groups is 2. The molecule has 2 fully saturated rings. The van der Waals surface area contributed by atoms with Gasteiger partial charge < -0.3 is 15.7 Å². The maximum atomic E-state index is 11.7. The molecule has 3 N–H and O–H groups in total. The Morgan fingerprint density at radius 3 is 2.79 bits per heavy atom. The van der Waals surface area contributed by atoms with Gasteiger partial charge in [-0.3, -0.25) is 19.2 Å². The van der Waals surface area contributed by atoms with E-state index < -0.39 is 11.5 Å². The van der Waals surface area contributed by atoms with Gasteiger partial charge in [0, 0.05) is 39.3 Å². The molecule has 2 saturated heterocycles. The number of aromatic nitrogens is 2. The summed E-state index contributed by atoms with van der Waals surface area (Å²) in [6, 6.07) is 0.191. The van der Waals surface area contributed by atoms with E-state index in [0.717, 1.165) is 32.5 Å². The van der Waals surface area contributed by atoms with E-state index in [2.05, 4.69) is 10.00 Å². The average Bonchev–Trinajstić information content (AvgIpc) is 2.87. The Balaban J connectivity index is 1.55. The molecule has 2 aliphatic heterocycles. The number of amides is 2. The number of hydrogen-bond acceptors (Lipinski definition) is 5. The lowest BCUT2D eigenvalue weighted by Gasteiger charge is -2.44. The number of aliphatic hydroxyl groups is 1. The predicted octanol–water partition coefficient (Wildman–Crippen LogP) is -0.398. The smallest absolute Gasteiger partial charge is 0.251 e. The van der Waals surface area contributed by atoms with Crippen LogP contribution in [0.2, 0.25) is 0 Å². The molecule has 8 heteroatoms. The molecule has 3 rings (SSSR count). The molecule has 2 aliphatic rings. The summed E-state index contributed by atoms with van der Waals surface area (Å²) in [5, 5.41) is 15.1. The summed E-state index contributed by atoms with van der Waals surface area (Å²) < 4.78 is 1.76. The molecule has 1 aromatic heterocycles. The Morgan fingerprint density at radius 1 is 1.42 bits per heavy atom. The normalized spacial score (nSPS) is 26.0. The molecule has 0 spiro atoms. The Hall–Kier alpha value is -1.93. The van der Waals surface area contributed by atoms with Gasteiger partial charge >= 0.3 is 0 Å². The number of rotatable bonds is 4. The number of carbonyl (C=O) groups excluding carboxylic acids is 2. The molecule has 0 radical (unpaired) electrons. The molecule has 0 bridgehead atoms. The van der Waals surface area contributed by atoms with Crippen LogP contribution in [0.4, 0.5) is 0 Å². The summed E-state index contributed by atoms with van der Waals surface area (Å²) in [5.74, 6) is -0.457. The molecule has 1 atom stereocenters. The number of likely N-dealkylation sites (tertiary alicyclic amines) is 2. The van der Waals surface area contributed by atoms with Crippen molar-refractivity contribution in [3.8, 4) is 0 Å². The van der Waals surface area contributed by atoms with Gasteiger partial charge in [0.1, 0.15) is 0 Å². The fourth-order valence-corrected chi connectivity index (χ4v) is 3.59. The minimum Gasteiger partial charge on any atom is -0.387 e. The monoisotopic (exact) mass is 335 g/mol. The van der Waals surface area contributed by atoms with E-state index in [-0.39, 0.29) is 11.9 Å². The fourth-order valence-electron chi connectivity index (χ4n) is 3.59. The van der Waals surface area contributed by atoms with Gasteiger partial charge in [0.25, 0.3) is 5.91 Å². The number of β-amino-alcohol motifs (C(OH)–C–C–N with tert-alkyl or cyclic N) is 1. The fraction of sp³-hybridized carbons (Fsp3) is 0.688. The highest BCUT2D eigenvalue weighted by Crippen LogP contribution is 2.27. The summed E-state index contributed by atoms with van der Waals surface area (Å²) in [7, 11) is 0. The number of primary amides is 1. The van der Waals surface area contributed by atoms with Crippen LogP contribution in [-0.4, -0.2) is 74.8 Å². The third kappa shape index (κ3) is 3.59. The molecule has 2 amide bonds. The highest BCUT2D eigenvalue weighted by molar-refractivity contribution is 5.92. The first kappa shape index (κ1) is 16.9.